The lowest BCUT2D eigenvalue weighted by Crippen LogP contribution is -2.42. The number of nitro benzene ring substituents is 1. The van der Waals surface area contributed by atoms with E-state index in [1.807, 2.05) is 53.9 Å². The SMILES string of the molecule is CCN(CC)C(C)n1c(Cc2ccccc2)nc2c1c(=O)n(CCCN(C)C)c(=O)n2CCc1ccc([N+](=O)[O-])cc1. The highest BCUT2D eigenvalue weighted by Crippen LogP contribution is 2.24. The zero-order valence-electron chi connectivity index (χ0n) is 25.2. The summed E-state index contributed by atoms with van der Waals surface area (Å²) in [4.78, 5) is 48.0. The predicted octanol–water partition coefficient (Wildman–Crippen LogP) is 3.91. The van der Waals surface area contributed by atoms with E-state index in [2.05, 4.69) is 25.7 Å². The summed E-state index contributed by atoms with van der Waals surface area (Å²) < 4.78 is 4.97. The Balaban J connectivity index is 1.90. The molecule has 224 valence electrons. The van der Waals surface area contributed by atoms with Gasteiger partial charge in [-0.1, -0.05) is 56.3 Å². The minimum absolute atomic E-state index is 0.0161. The summed E-state index contributed by atoms with van der Waals surface area (Å²) in [6.07, 6.45) is 1.45. The molecule has 0 fully saturated rings. The Hall–Kier alpha value is -4.09. The highest BCUT2D eigenvalue weighted by Gasteiger charge is 2.26. The number of nitro groups is 1. The molecule has 0 bridgehead atoms. The molecule has 0 amide bonds. The first-order valence-electron chi connectivity index (χ1n) is 14.6. The molecule has 1 atom stereocenters. The minimum atomic E-state index is -0.431. The second-order valence-corrected chi connectivity index (χ2v) is 10.8. The molecular formula is C31H41N7O4. The van der Waals surface area contributed by atoms with Gasteiger partial charge in [-0.3, -0.25) is 28.9 Å². The Morgan fingerprint density at radius 3 is 2.19 bits per heavy atom. The first-order valence-corrected chi connectivity index (χ1v) is 14.6. The van der Waals surface area contributed by atoms with E-state index in [-0.39, 0.29) is 29.6 Å². The number of imidazole rings is 1. The predicted molar refractivity (Wildman–Crippen MR) is 165 cm³/mol. The fraction of sp³-hybridized carbons (Fsp3) is 0.452. The molecule has 0 saturated carbocycles. The molecule has 0 aliphatic carbocycles. The van der Waals surface area contributed by atoms with Crippen LogP contribution >= 0.6 is 0 Å². The van der Waals surface area contributed by atoms with Gasteiger partial charge in [0, 0.05) is 31.6 Å². The first kappa shape index (κ1) is 30.9. The lowest BCUT2D eigenvalue weighted by atomic mass is 10.1. The quantitative estimate of drug-likeness (QED) is 0.166. The van der Waals surface area contributed by atoms with E-state index in [1.54, 1.807) is 16.7 Å². The lowest BCUT2D eigenvalue weighted by molar-refractivity contribution is -0.384. The molecule has 1 unspecified atom stereocenters. The van der Waals surface area contributed by atoms with Crippen LogP contribution in [-0.2, 0) is 25.9 Å². The van der Waals surface area contributed by atoms with Crippen molar-refractivity contribution in [2.75, 3.05) is 33.7 Å². The van der Waals surface area contributed by atoms with E-state index in [1.165, 1.54) is 16.7 Å². The van der Waals surface area contributed by atoms with Gasteiger partial charge in [0.1, 0.15) is 5.82 Å². The Kier molecular flexibility index (Phi) is 10.1. The Morgan fingerprint density at radius 2 is 1.60 bits per heavy atom. The number of fused-ring (bicyclic) bond motifs is 1. The van der Waals surface area contributed by atoms with Crippen LogP contribution in [0.25, 0.3) is 11.2 Å². The number of nitrogens with zero attached hydrogens (tertiary/aromatic N) is 7. The van der Waals surface area contributed by atoms with Crippen molar-refractivity contribution in [1.82, 2.24) is 28.5 Å². The topological polar surface area (TPSA) is 111 Å². The third-order valence-electron chi connectivity index (χ3n) is 7.81. The van der Waals surface area contributed by atoms with Crippen LogP contribution in [0.1, 0.15) is 50.3 Å². The number of benzene rings is 2. The molecule has 42 heavy (non-hydrogen) atoms. The number of hydrogen-bond donors (Lipinski definition) is 0. The zero-order chi connectivity index (χ0) is 30.4. The average Bonchev–Trinajstić information content (AvgIpc) is 3.34. The largest absolute Gasteiger partial charge is 0.332 e. The molecule has 11 heteroatoms. The Morgan fingerprint density at radius 1 is 0.929 bits per heavy atom. The highest BCUT2D eigenvalue weighted by atomic mass is 16.6. The van der Waals surface area contributed by atoms with Gasteiger partial charge in [0.15, 0.2) is 11.2 Å². The van der Waals surface area contributed by atoms with Crippen molar-refractivity contribution in [3.8, 4) is 0 Å². The van der Waals surface area contributed by atoms with Gasteiger partial charge in [0.25, 0.3) is 11.2 Å². The molecule has 0 spiro atoms. The molecular weight excluding hydrogens is 534 g/mol. The number of hydrogen-bond acceptors (Lipinski definition) is 7. The van der Waals surface area contributed by atoms with Gasteiger partial charge in [0.05, 0.1) is 11.1 Å². The smallest absolute Gasteiger partial charge is 0.309 e. The van der Waals surface area contributed by atoms with Crippen molar-refractivity contribution in [3.05, 3.63) is 103 Å². The van der Waals surface area contributed by atoms with Gasteiger partial charge in [-0.25, -0.2) is 9.78 Å². The van der Waals surface area contributed by atoms with Gasteiger partial charge in [0.2, 0.25) is 0 Å². The fourth-order valence-electron chi connectivity index (χ4n) is 5.49. The highest BCUT2D eigenvalue weighted by molar-refractivity contribution is 5.71. The molecule has 4 aromatic rings. The molecule has 0 N–H and O–H groups in total. The second kappa shape index (κ2) is 13.7. The monoisotopic (exact) mass is 575 g/mol. The van der Waals surface area contributed by atoms with Crippen LogP contribution in [0.15, 0.2) is 64.2 Å². The summed E-state index contributed by atoms with van der Waals surface area (Å²) in [5.41, 5.74) is 2.01. The maximum absolute atomic E-state index is 14.1. The van der Waals surface area contributed by atoms with E-state index in [9.17, 15) is 19.7 Å². The molecule has 0 saturated heterocycles. The van der Waals surface area contributed by atoms with E-state index in [0.29, 0.717) is 37.0 Å². The number of non-ortho nitro benzene ring substituents is 1. The number of aryl methyl sites for hydroxylation is 2. The van der Waals surface area contributed by atoms with Gasteiger partial charge in [-0.15, -0.1) is 0 Å². The normalized spacial score (nSPS) is 12.5. The number of rotatable bonds is 14. The molecule has 11 nitrogen and oxygen atoms in total. The third kappa shape index (κ3) is 6.69. The lowest BCUT2D eigenvalue weighted by Gasteiger charge is -2.29. The second-order valence-electron chi connectivity index (χ2n) is 10.8. The van der Waals surface area contributed by atoms with Gasteiger partial charge < -0.3 is 9.47 Å². The Bertz CT molecular complexity index is 1620. The van der Waals surface area contributed by atoms with Crippen molar-refractivity contribution in [2.24, 2.45) is 0 Å². The summed E-state index contributed by atoms with van der Waals surface area (Å²) in [7, 11) is 3.93. The van der Waals surface area contributed by atoms with E-state index in [0.717, 1.165) is 36.6 Å². The summed E-state index contributed by atoms with van der Waals surface area (Å²) in [5.74, 6) is 0.724. The summed E-state index contributed by atoms with van der Waals surface area (Å²) in [6, 6.07) is 16.3. The summed E-state index contributed by atoms with van der Waals surface area (Å²) in [5, 5.41) is 11.1. The molecule has 0 aliphatic heterocycles. The van der Waals surface area contributed by atoms with Crippen molar-refractivity contribution >= 4 is 16.9 Å². The molecule has 0 aliphatic rings. The molecule has 4 rings (SSSR count). The standard InChI is InChI=1S/C31H41N7O4/c1-6-34(7-2)23(3)37-27(22-25-12-9-8-10-13-25)32-29-28(37)30(39)36(20-11-19-33(4)5)31(40)35(29)21-18-24-14-16-26(17-15-24)38(41)42/h8-10,12-17,23H,6-7,11,18-22H2,1-5H3. The average molecular weight is 576 g/mol. The van der Waals surface area contributed by atoms with Gasteiger partial charge >= 0.3 is 5.69 Å². The van der Waals surface area contributed by atoms with Crippen LogP contribution < -0.4 is 11.2 Å². The van der Waals surface area contributed by atoms with Crippen LogP contribution in [0, 0.1) is 10.1 Å². The first-order chi connectivity index (χ1) is 20.2. The van der Waals surface area contributed by atoms with E-state index < -0.39 is 4.92 Å². The molecule has 2 aromatic carbocycles. The van der Waals surface area contributed by atoms with Crippen molar-refractivity contribution < 1.29 is 4.92 Å². The van der Waals surface area contributed by atoms with Crippen LogP contribution in [0.3, 0.4) is 0 Å². The van der Waals surface area contributed by atoms with Crippen LogP contribution in [0.5, 0.6) is 0 Å². The minimum Gasteiger partial charge on any atom is -0.309 e. The van der Waals surface area contributed by atoms with Crippen molar-refractivity contribution in [1.29, 1.82) is 0 Å². The van der Waals surface area contributed by atoms with Gasteiger partial charge in [-0.05, 0) is 64.6 Å². The summed E-state index contributed by atoms with van der Waals surface area (Å²) >= 11 is 0. The summed E-state index contributed by atoms with van der Waals surface area (Å²) in [6.45, 7) is 9.15. The Labute approximate surface area is 245 Å². The third-order valence-corrected chi connectivity index (χ3v) is 7.81. The van der Waals surface area contributed by atoms with E-state index >= 15 is 0 Å². The van der Waals surface area contributed by atoms with Crippen molar-refractivity contribution in [3.63, 3.8) is 0 Å². The van der Waals surface area contributed by atoms with E-state index in [4.69, 9.17) is 4.98 Å². The maximum atomic E-state index is 14.1. The fourth-order valence-corrected chi connectivity index (χ4v) is 5.49. The molecule has 2 heterocycles. The van der Waals surface area contributed by atoms with Crippen LogP contribution in [-0.4, -0.2) is 67.1 Å². The number of aromatic nitrogens is 4. The zero-order valence-corrected chi connectivity index (χ0v) is 25.2. The van der Waals surface area contributed by atoms with Crippen LogP contribution in [0.2, 0.25) is 0 Å². The molecule has 0 radical (unpaired) electrons. The van der Waals surface area contributed by atoms with Crippen molar-refractivity contribution in [2.45, 2.75) is 59.3 Å². The maximum Gasteiger partial charge on any atom is 0.332 e. The van der Waals surface area contributed by atoms with Gasteiger partial charge in [-0.2, -0.15) is 0 Å². The van der Waals surface area contributed by atoms with Crippen LogP contribution in [0.4, 0.5) is 5.69 Å². The molecule has 2 aromatic heterocycles.